The molecule has 16 heavy (non-hydrogen) atoms. The zero-order valence-corrected chi connectivity index (χ0v) is 9.52. The monoisotopic (exact) mass is 219 g/mol. The lowest BCUT2D eigenvalue weighted by atomic mass is 10.1. The van der Waals surface area contributed by atoms with Crippen LogP contribution in [0.2, 0.25) is 0 Å². The largest absolute Gasteiger partial charge is 0.493 e. The standard InChI is InChI=1S/C13H17NO2/c1-2-12(15)11-7-3-4-8-13(11)16-10-6-5-9-14/h3-4,7-8,12,15H,2,5-6,10H2,1H3. The predicted octanol–water partition coefficient (Wildman–Crippen LogP) is 2.81. The second kappa shape index (κ2) is 6.86. The van der Waals surface area contributed by atoms with Gasteiger partial charge in [-0.3, -0.25) is 0 Å². The van der Waals surface area contributed by atoms with Gasteiger partial charge in [-0.15, -0.1) is 0 Å². The number of benzene rings is 1. The van der Waals surface area contributed by atoms with Crippen molar-refractivity contribution < 1.29 is 9.84 Å². The first-order chi connectivity index (χ1) is 7.79. The molecule has 0 aliphatic rings. The van der Waals surface area contributed by atoms with Gasteiger partial charge < -0.3 is 9.84 Å². The Morgan fingerprint density at radius 2 is 2.19 bits per heavy atom. The highest BCUT2D eigenvalue weighted by atomic mass is 16.5. The van der Waals surface area contributed by atoms with Crippen LogP contribution in [0.15, 0.2) is 24.3 Å². The van der Waals surface area contributed by atoms with E-state index in [2.05, 4.69) is 6.07 Å². The highest BCUT2D eigenvalue weighted by molar-refractivity contribution is 5.34. The molecule has 0 amide bonds. The van der Waals surface area contributed by atoms with Crippen LogP contribution in [-0.2, 0) is 0 Å². The summed E-state index contributed by atoms with van der Waals surface area (Å²) < 4.78 is 5.55. The summed E-state index contributed by atoms with van der Waals surface area (Å²) in [7, 11) is 0. The number of ether oxygens (including phenoxy) is 1. The number of hydrogen-bond donors (Lipinski definition) is 1. The van der Waals surface area contributed by atoms with Crippen LogP contribution in [0.4, 0.5) is 0 Å². The molecule has 0 spiro atoms. The van der Waals surface area contributed by atoms with Crippen LogP contribution >= 0.6 is 0 Å². The average Bonchev–Trinajstić information content (AvgIpc) is 2.34. The summed E-state index contributed by atoms with van der Waals surface area (Å²) in [5, 5.41) is 18.2. The molecule has 1 N–H and O–H groups in total. The van der Waals surface area contributed by atoms with Gasteiger partial charge in [-0.2, -0.15) is 5.26 Å². The lowest BCUT2D eigenvalue weighted by Gasteiger charge is -2.14. The summed E-state index contributed by atoms with van der Waals surface area (Å²) in [6, 6.07) is 9.56. The van der Waals surface area contributed by atoms with Gasteiger partial charge in [0.1, 0.15) is 5.75 Å². The van der Waals surface area contributed by atoms with E-state index in [4.69, 9.17) is 10.00 Å². The zero-order valence-electron chi connectivity index (χ0n) is 9.52. The molecule has 0 aromatic heterocycles. The van der Waals surface area contributed by atoms with Gasteiger partial charge in [-0.05, 0) is 18.9 Å². The third kappa shape index (κ3) is 3.56. The first-order valence-electron chi connectivity index (χ1n) is 5.56. The molecule has 0 saturated heterocycles. The van der Waals surface area contributed by atoms with Crippen molar-refractivity contribution >= 4 is 0 Å². The van der Waals surface area contributed by atoms with E-state index in [1.54, 1.807) is 0 Å². The number of para-hydroxylation sites is 1. The number of unbranched alkanes of at least 4 members (excludes halogenated alkanes) is 1. The minimum Gasteiger partial charge on any atom is -0.493 e. The second-order valence-electron chi connectivity index (χ2n) is 3.57. The molecule has 1 rings (SSSR count). The number of nitriles is 1. The maximum Gasteiger partial charge on any atom is 0.125 e. The smallest absolute Gasteiger partial charge is 0.125 e. The number of aliphatic hydroxyl groups is 1. The second-order valence-corrected chi connectivity index (χ2v) is 3.57. The van der Waals surface area contributed by atoms with E-state index in [1.165, 1.54) is 0 Å². The molecule has 0 radical (unpaired) electrons. The van der Waals surface area contributed by atoms with Gasteiger partial charge in [-0.25, -0.2) is 0 Å². The quantitative estimate of drug-likeness (QED) is 0.748. The zero-order chi connectivity index (χ0) is 11.8. The van der Waals surface area contributed by atoms with Crippen LogP contribution in [0.1, 0.15) is 37.9 Å². The molecular formula is C13H17NO2. The lowest BCUT2D eigenvalue weighted by molar-refractivity contribution is 0.167. The van der Waals surface area contributed by atoms with Crippen molar-refractivity contribution in [1.82, 2.24) is 0 Å². The molecule has 1 aromatic carbocycles. The van der Waals surface area contributed by atoms with Crippen molar-refractivity contribution in [3.63, 3.8) is 0 Å². The topological polar surface area (TPSA) is 53.2 Å². The van der Waals surface area contributed by atoms with Crippen LogP contribution in [0.3, 0.4) is 0 Å². The van der Waals surface area contributed by atoms with Gasteiger partial charge in [-0.1, -0.05) is 25.1 Å². The van der Waals surface area contributed by atoms with Crippen molar-refractivity contribution in [3.05, 3.63) is 29.8 Å². The van der Waals surface area contributed by atoms with Gasteiger partial charge in [0.15, 0.2) is 0 Å². The molecule has 1 unspecified atom stereocenters. The summed E-state index contributed by atoms with van der Waals surface area (Å²) in [4.78, 5) is 0. The first-order valence-corrected chi connectivity index (χ1v) is 5.56. The Labute approximate surface area is 96.3 Å². The average molecular weight is 219 g/mol. The van der Waals surface area contributed by atoms with Gasteiger partial charge >= 0.3 is 0 Å². The SMILES string of the molecule is CCC(O)c1ccccc1OCCCC#N. The van der Waals surface area contributed by atoms with Gasteiger partial charge in [0.05, 0.1) is 18.8 Å². The summed E-state index contributed by atoms with van der Waals surface area (Å²) in [6.45, 7) is 2.44. The van der Waals surface area contributed by atoms with Gasteiger partial charge in [0.2, 0.25) is 0 Å². The number of nitrogens with zero attached hydrogens (tertiary/aromatic N) is 1. The molecule has 1 aromatic rings. The summed E-state index contributed by atoms with van der Waals surface area (Å²) in [5.74, 6) is 0.717. The molecule has 0 saturated carbocycles. The minimum atomic E-state index is -0.479. The molecule has 0 fully saturated rings. The fourth-order valence-electron chi connectivity index (χ4n) is 1.44. The molecule has 0 bridgehead atoms. The molecule has 0 aliphatic heterocycles. The van der Waals surface area contributed by atoms with Crippen LogP contribution in [0, 0.1) is 11.3 Å². The van der Waals surface area contributed by atoms with E-state index in [-0.39, 0.29) is 0 Å². The number of aliphatic hydroxyl groups excluding tert-OH is 1. The van der Waals surface area contributed by atoms with Crippen LogP contribution in [0.25, 0.3) is 0 Å². The highest BCUT2D eigenvalue weighted by Crippen LogP contribution is 2.26. The molecule has 1 atom stereocenters. The van der Waals surface area contributed by atoms with E-state index >= 15 is 0 Å². The Kier molecular flexibility index (Phi) is 5.38. The van der Waals surface area contributed by atoms with E-state index in [0.29, 0.717) is 25.9 Å². The normalized spacial score (nSPS) is 11.8. The molecular weight excluding hydrogens is 202 g/mol. The third-order valence-corrected chi connectivity index (χ3v) is 2.36. The molecule has 3 heteroatoms. The van der Waals surface area contributed by atoms with Crippen LogP contribution in [0.5, 0.6) is 5.75 Å². The van der Waals surface area contributed by atoms with Gasteiger partial charge in [0.25, 0.3) is 0 Å². The van der Waals surface area contributed by atoms with E-state index in [1.807, 2.05) is 31.2 Å². The van der Waals surface area contributed by atoms with Crippen molar-refractivity contribution in [3.8, 4) is 11.8 Å². The fraction of sp³-hybridized carbons (Fsp3) is 0.462. The summed E-state index contributed by atoms with van der Waals surface area (Å²) >= 11 is 0. The van der Waals surface area contributed by atoms with E-state index < -0.39 is 6.10 Å². The maximum atomic E-state index is 9.78. The minimum absolute atomic E-state index is 0.479. The fourth-order valence-corrected chi connectivity index (χ4v) is 1.44. The van der Waals surface area contributed by atoms with E-state index in [0.717, 1.165) is 11.3 Å². The Hall–Kier alpha value is -1.53. The third-order valence-electron chi connectivity index (χ3n) is 2.36. The maximum absolute atomic E-state index is 9.78. The number of rotatable bonds is 6. The Morgan fingerprint density at radius 3 is 2.88 bits per heavy atom. The van der Waals surface area contributed by atoms with Crippen molar-refractivity contribution in [2.24, 2.45) is 0 Å². The van der Waals surface area contributed by atoms with E-state index in [9.17, 15) is 5.11 Å². The highest BCUT2D eigenvalue weighted by Gasteiger charge is 2.10. The predicted molar refractivity (Wildman–Crippen MR) is 62.0 cm³/mol. The molecule has 86 valence electrons. The molecule has 0 aliphatic carbocycles. The summed E-state index contributed by atoms with van der Waals surface area (Å²) in [6.07, 6.45) is 1.40. The Bertz CT molecular complexity index is 357. The summed E-state index contributed by atoms with van der Waals surface area (Å²) in [5.41, 5.74) is 0.821. The molecule has 0 heterocycles. The Balaban J connectivity index is 2.61. The lowest BCUT2D eigenvalue weighted by Crippen LogP contribution is -2.03. The van der Waals surface area contributed by atoms with Gasteiger partial charge in [0, 0.05) is 12.0 Å². The Morgan fingerprint density at radius 1 is 1.44 bits per heavy atom. The first kappa shape index (κ1) is 12.5. The molecule has 3 nitrogen and oxygen atoms in total. The van der Waals surface area contributed by atoms with Crippen molar-refractivity contribution in [1.29, 1.82) is 5.26 Å². The van der Waals surface area contributed by atoms with Crippen LogP contribution < -0.4 is 4.74 Å². The van der Waals surface area contributed by atoms with Crippen LogP contribution in [-0.4, -0.2) is 11.7 Å². The number of hydrogen-bond acceptors (Lipinski definition) is 3. The van der Waals surface area contributed by atoms with Crippen molar-refractivity contribution in [2.75, 3.05) is 6.61 Å². The van der Waals surface area contributed by atoms with Crippen molar-refractivity contribution in [2.45, 2.75) is 32.3 Å².